The van der Waals surface area contributed by atoms with E-state index in [0.717, 1.165) is 11.1 Å². The number of hydrazone groups is 1. The predicted molar refractivity (Wildman–Crippen MR) is 92.9 cm³/mol. The number of hydrogen-bond donors (Lipinski definition) is 2. The number of carbonyl (C=O) groups is 1. The standard InChI is InChI=1S/C17H18ClN3O2/c1-11-9-15(7-8-16(11)18)23-10-17(22)21-20-12(2)13-3-5-14(19)6-4-13/h3-9H,10,19H2,1-2H3,(H,21,22)/b20-12+. The summed E-state index contributed by atoms with van der Waals surface area (Å²) in [5.74, 6) is 0.244. The summed E-state index contributed by atoms with van der Waals surface area (Å²) in [6, 6.07) is 12.5. The molecule has 0 radical (unpaired) electrons. The van der Waals surface area contributed by atoms with Crippen molar-refractivity contribution in [2.45, 2.75) is 13.8 Å². The Balaban J connectivity index is 1.88. The molecule has 0 aliphatic carbocycles. The average Bonchev–Trinajstić information content (AvgIpc) is 2.54. The van der Waals surface area contributed by atoms with Crippen molar-refractivity contribution < 1.29 is 9.53 Å². The van der Waals surface area contributed by atoms with E-state index in [9.17, 15) is 4.79 Å². The third-order valence-corrected chi connectivity index (χ3v) is 3.60. The van der Waals surface area contributed by atoms with E-state index >= 15 is 0 Å². The highest BCUT2D eigenvalue weighted by Crippen LogP contribution is 2.20. The van der Waals surface area contributed by atoms with E-state index in [0.29, 0.717) is 22.2 Å². The van der Waals surface area contributed by atoms with Crippen molar-refractivity contribution in [2.75, 3.05) is 12.3 Å². The summed E-state index contributed by atoms with van der Waals surface area (Å²) in [6.07, 6.45) is 0. The van der Waals surface area contributed by atoms with Crippen molar-refractivity contribution in [2.24, 2.45) is 5.10 Å². The van der Waals surface area contributed by atoms with Crippen molar-refractivity contribution in [1.29, 1.82) is 0 Å². The number of nitrogen functional groups attached to an aromatic ring is 1. The molecular weight excluding hydrogens is 314 g/mol. The van der Waals surface area contributed by atoms with E-state index in [1.807, 2.05) is 19.1 Å². The summed E-state index contributed by atoms with van der Waals surface area (Å²) in [4.78, 5) is 11.8. The highest BCUT2D eigenvalue weighted by Gasteiger charge is 2.04. The van der Waals surface area contributed by atoms with Crippen molar-refractivity contribution >= 4 is 28.9 Å². The second-order valence-electron chi connectivity index (χ2n) is 5.05. The maximum absolute atomic E-state index is 11.8. The first-order valence-corrected chi connectivity index (χ1v) is 7.41. The molecule has 0 saturated heterocycles. The molecule has 2 rings (SSSR count). The van der Waals surface area contributed by atoms with Gasteiger partial charge in [-0.15, -0.1) is 0 Å². The molecule has 2 aromatic carbocycles. The van der Waals surface area contributed by atoms with Crippen molar-refractivity contribution in [3.63, 3.8) is 0 Å². The number of halogens is 1. The fourth-order valence-electron chi connectivity index (χ4n) is 1.82. The third kappa shape index (κ3) is 5.00. The van der Waals surface area contributed by atoms with Crippen LogP contribution in [0.15, 0.2) is 47.6 Å². The van der Waals surface area contributed by atoms with Gasteiger partial charge in [-0.05, 0) is 55.3 Å². The number of amides is 1. The number of aryl methyl sites for hydroxylation is 1. The zero-order valence-electron chi connectivity index (χ0n) is 13.0. The minimum absolute atomic E-state index is 0.125. The highest BCUT2D eigenvalue weighted by molar-refractivity contribution is 6.31. The Kier molecular flexibility index (Phi) is 5.60. The lowest BCUT2D eigenvalue weighted by Crippen LogP contribution is -2.25. The van der Waals surface area contributed by atoms with Gasteiger partial charge in [0.1, 0.15) is 5.75 Å². The SMILES string of the molecule is C/C(=N\NC(=O)COc1ccc(Cl)c(C)c1)c1ccc(N)cc1. The highest BCUT2D eigenvalue weighted by atomic mass is 35.5. The van der Waals surface area contributed by atoms with Gasteiger partial charge in [-0.2, -0.15) is 5.10 Å². The number of benzene rings is 2. The minimum Gasteiger partial charge on any atom is -0.484 e. The molecule has 0 unspecified atom stereocenters. The zero-order valence-corrected chi connectivity index (χ0v) is 13.7. The largest absolute Gasteiger partial charge is 0.484 e. The van der Waals surface area contributed by atoms with E-state index in [1.54, 1.807) is 37.3 Å². The van der Waals surface area contributed by atoms with Crippen LogP contribution in [0.5, 0.6) is 5.75 Å². The quantitative estimate of drug-likeness (QED) is 0.502. The third-order valence-electron chi connectivity index (χ3n) is 3.18. The Morgan fingerprint density at radius 1 is 1.26 bits per heavy atom. The van der Waals surface area contributed by atoms with Crippen LogP contribution < -0.4 is 15.9 Å². The Labute approximate surface area is 140 Å². The molecule has 0 fully saturated rings. The molecular formula is C17H18ClN3O2. The van der Waals surface area contributed by atoms with Crippen LogP contribution in [0.1, 0.15) is 18.1 Å². The molecule has 0 saturated carbocycles. The molecule has 0 heterocycles. The number of anilines is 1. The number of nitrogens with one attached hydrogen (secondary N) is 1. The van der Waals surface area contributed by atoms with Crippen LogP contribution in [0.4, 0.5) is 5.69 Å². The molecule has 0 atom stereocenters. The van der Waals surface area contributed by atoms with Gasteiger partial charge in [0.25, 0.3) is 5.91 Å². The zero-order chi connectivity index (χ0) is 16.8. The van der Waals surface area contributed by atoms with Gasteiger partial charge < -0.3 is 10.5 Å². The van der Waals surface area contributed by atoms with Crippen LogP contribution in [-0.4, -0.2) is 18.2 Å². The molecule has 3 N–H and O–H groups in total. The Bertz CT molecular complexity index is 727. The first-order chi connectivity index (χ1) is 11.0. The first-order valence-electron chi connectivity index (χ1n) is 7.03. The fourth-order valence-corrected chi connectivity index (χ4v) is 1.94. The van der Waals surface area contributed by atoms with E-state index in [4.69, 9.17) is 22.1 Å². The second kappa shape index (κ2) is 7.65. The molecule has 0 spiro atoms. The summed E-state index contributed by atoms with van der Waals surface area (Å²) in [7, 11) is 0. The molecule has 6 heteroatoms. The molecule has 1 amide bonds. The fraction of sp³-hybridized carbons (Fsp3) is 0.176. The molecule has 2 aromatic rings. The lowest BCUT2D eigenvalue weighted by atomic mass is 10.1. The number of rotatable bonds is 5. The van der Waals surface area contributed by atoms with Gasteiger partial charge in [-0.3, -0.25) is 4.79 Å². The van der Waals surface area contributed by atoms with Gasteiger partial charge in [-0.25, -0.2) is 5.43 Å². The molecule has 23 heavy (non-hydrogen) atoms. The smallest absolute Gasteiger partial charge is 0.277 e. The Morgan fingerprint density at radius 3 is 2.61 bits per heavy atom. The van der Waals surface area contributed by atoms with Crippen LogP contribution in [0.3, 0.4) is 0 Å². The summed E-state index contributed by atoms with van der Waals surface area (Å²) >= 11 is 5.94. The van der Waals surface area contributed by atoms with E-state index in [1.165, 1.54) is 0 Å². The molecule has 5 nitrogen and oxygen atoms in total. The number of carbonyl (C=O) groups excluding carboxylic acids is 1. The molecule has 0 aliphatic rings. The number of nitrogens with two attached hydrogens (primary N) is 1. The maximum Gasteiger partial charge on any atom is 0.277 e. The van der Waals surface area contributed by atoms with E-state index in [-0.39, 0.29) is 12.5 Å². The Hall–Kier alpha value is -2.53. The van der Waals surface area contributed by atoms with Gasteiger partial charge in [-0.1, -0.05) is 23.7 Å². The monoisotopic (exact) mass is 331 g/mol. The van der Waals surface area contributed by atoms with Crippen LogP contribution >= 0.6 is 11.6 Å². The number of ether oxygens (including phenoxy) is 1. The lowest BCUT2D eigenvalue weighted by molar-refractivity contribution is -0.123. The van der Waals surface area contributed by atoms with Gasteiger partial charge >= 0.3 is 0 Å². The van der Waals surface area contributed by atoms with Gasteiger partial charge in [0.05, 0.1) is 5.71 Å². The van der Waals surface area contributed by atoms with E-state index < -0.39 is 0 Å². The van der Waals surface area contributed by atoms with Crippen LogP contribution in [0, 0.1) is 6.92 Å². The summed E-state index contributed by atoms with van der Waals surface area (Å²) in [6.45, 7) is 3.55. The van der Waals surface area contributed by atoms with Crippen molar-refractivity contribution in [1.82, 2.24) is 5.43 Å². The predicted octanol–water partition coefficient (Wildman–Crippen LogP) is 3.15. The lowest BCUT2D eigenvalue weighted by Gasteiger charge is -2.07. The second-order valence-corrected chi connectivity index (χ2v) is 5.46. The van der Waals surface area contributed by atoms with Crippen molar-refractivity contribution in [3.05, 3.63) is 58.6 Å². The maximum atomic E-state index is 11.8. The topological polar surface area (TPSA) is 76.7 Å². The van der Waals surface area contributed by atoms with Crippen LogP contribution in [0.25, 0.3) is 0 Å². The van der Waals surface area contributed by atoms with Gasteiger partial charge in [0.15, 0.2) is 6.61 Å². The Morgan fingerprint density at radius 2 is 1.96 bits per heavy atom. The molecule has 0 aliphatic heterocycles. The minimum atomic E-state index is -0.340. The number of nitrogens with zero attached hydrogens (tertiary/aromatic N) is 1. The summed E-state index contributed by atoms with van der Waals surface area (Å²) in [5.41, 5.74) is 11.2. The molecule has 120 valence electrons. The van der Waals surface area contributed by atoms with Gasteiger partial charge in [0, 0.05) is 10.7 Å². The van der Waals surface area contributed by atoms with E-state index in [2.05, 4.69) is 10.5 Å². The molecule has 0 aromatic heterocycles. The first kappa shape index (κ1) is 16.8. The van der Waals surface area contributed by atoms with Crippen LogP contribution in [0.2, 0.25) is 5.02 Å². The van der Waals surface area contributed by atoms with Crippen LogP contribution in [-0.2, 0) is 4.79 Å². The molecule has 0 bridgehead atoms. The summed E-state index contributed by atoms with van der Waals surface area (Å²) < 4.78 is 5.40. The summed E-state index contributed by atoms with van der Waals surface area (Å²) in [5, 5.41) is 4.70. The average molecular weight is 332 g/mol. The van der Waals surface area contributed by atoms with Crippen molar-refractivity contribution in [3.8, 4) is 5.75 Å². The normalized spacial score (nSPS) is 11.2. The number of hydrogen-bond acceptors (Lipinski definition) is 4. The van der Waals surface area contributed by atoms with Gasteiger partial charge in [0.2, 0.25) is 0 Å².